The van der Waals surface area contributed by atoms with Crippen LogP contribution in [0.5, 0.6) is 0 Å². The summed E-state index contributed by atoms with van der Waals surface area (Å²) in [4.78, 5) is 73.6. The molecule has 2 aliphatic heterocycles. The molecule has 16 heteroatoms. The van der Waals surface area contributed by atoms with Gasteiger partial charge in [0.25, 0.3) is 0 Å². The van der Waals surface area contributed by atoms with Gasteiger partial charge in [0.05, 0.1) is 33.4 Å². The fourth-order valence-electron chi connectivity index (χ4n) is 5.70. The van der Waals surface area contributed by atoms with E-state index in [1.165, 1.54) is 0 Å². The predicted octanol–water partition coefficient (Wildman–Crippen LogP) is 5.54. The molecule has 2 aliphatic rings. The fraction of sp³-hybridized carbons (Fsp3) is 0.0625. The molecule has 0 spiro atoms. The molecule has 10 nitrogen and oxygen atoms in total. The highest BCUT2D eigenvalue weighted by molar-refractivity contribution is 6.21. The lowest BCUT2D eigenvalue weighted by atomic mass is 9.85. The van der Waals surface area contributed by atoms with Gasteiger partial charge < -0.3 is 20.9 Å². The number of amides is 2. The Labute approximate surface area is 262 Å². The topological polar surface area (TPSA) is 173 Å². The number of fused-ring (bicyclic) bond motifs is 2. The molecule has 4 aromatic rings. The van der Waals surface area contributed by atoms with Gasteiger partial charge in [-0.2, -0.15) is 26.3 Å². The van der Waals surface area contributed by atoms with Crippen molar-refractivity contribution in [2.75, 3.05) is 0 Å². The van der Waals surface area contributed by atoms with E-state index in [1.807, 2.05) is 0 Å². The number of esters is 4. The average Bonchev–Trinajstić information content (AvgIpc) is 3.47. The Morgan fingerprint density at radius 1 is 0.479 bits per heavy atom. The van der Waals surface area contributed by atoms with Crippen LogP contribution < -0.4 is 11.5 Å². The van der Waals surface area contributed by atoms with E-state index in [1.54, 1.807) is 0 Å². The van der Waals surface area contributed by atoms with Gasteiger partial charge in [-0.05, 0) is 58.7 Å². The molecule has 0 aliphatic carbocycles. The molecule has 0 fully saturated rings. The van der Waals surface area contributed by atoms with Gasteiger partial charge in [0.15, 0.2) is 0 Å². The largest absolute Gasteiger partial charge is 0.417 e. The van der Waals surface area contributed by atoms with Crippen molar-refractivity contribution in [3.8, 4) is 33.4 Å². The first kappa shape index (κ1) is 31.7. The normalized spacial score (nSPS) is 14.0. The Bertz CT molecular complexity index is 2050. The summed E-state index contributed by atoms with van der Waals surface area (Å²) in [5.74, 6) is -7.24. The minimum absolute atomic E-state index is 0.374. The van der Waals surface area contributed by atoms with E-state index >= 15 is 0 Å². The van der Waals surface area contributed by atoms with Crippen molar-refractivity contribution in [1.29, 1.82) is 0 Å². The number of carbonyl (C=O) groups is 6. The minimum atomic E-state index is -5.34. The Morgan fingerprint density at radius 2 is 0.812 bits per heavy atom. The van der Waals surface area contributed by atoms with Crippen molar-refractivity contribution < 1.29 is 64.6 Å². The first-order valence-corrected chi connectivity index (χ1v) is 13.3. The number of hydrogen-bond acceptors (Lipinski definition) is 8. The van der Waals surface area contributed by atoms with E-state index in [0.717, 1.165) is 36.4 Å². The molecule has 0 atom stereocenters. The third-order valence-corrected chi connectivity index (χ3v) is 7.68. The number of primary amides is 2. The van der Waals surface area contributed by atoms with Crippen molar-refractivity contribution >= 4 is 35.7 Å². The SMILES string of the molecule is NC(=O)c1ccc2c(c1-c1ccc(-c3ccc(-c4c(C(N)=O)ccc5c4C(=O)OC5=O)cc3C(F)(F)F)c(C(F)(F)F)c1)C(=O)OC2=O. The van der Waals surface area contributed by atoms with E-state index in [4.69, 9.17) is 11.5 Å². The maximum Gasteiger partial charge on any atom is 0.417 e. The number of cyclic esters (lactones) is 4. The molecule has 0 radical (unpaired) electrons. The number of ether oxygens (including phenoxy) is 2. The molecule has 48 heavy (non-hydrogen) atoms. The molecule has 0 saturated heterocycles. The van der Waals surface area contributed by atoms with Gasteiger partial charge >= 0.3 is 36.2 Å². The van der Waals surface area contributed by atoms with Crippen molar-refractivity contribution in [2.24, 2.45) is 11.5 Å². The Hall–Kier alpha value is -6.32. The number of halogens is 6. The minimum Gasteiger partial charge on any atom is -0.386 e. The molecule has 0 saturated carbocycles. The van der Waals surface area contributed by atoms with E-state index < -0.39 is 115 Å². The van der Waals surface area contributed by atoms with Crippen molar-refractivity contribution in [3.63, 3.8) is 0 Å². The van der Waals surface area contributed by atoms with Gasteiger partial charge in [-0.3, -0.25) is 9.59 Å². The molecule has 6 rings (SSSR count). The Morgan fingerprint density at radius 3 is 1.12 bits per heavy atom. The second-order valence-corrected chi connectivity index (χ2v) is 10.4. The van der Waals surface area contributed by atoms with Crippen LogP contribution in [0.2, 0.25) is 0 Å². The lowest BCUT2D eigenvalue weighted by Gasteiger charge is -2.21. The molecule has 2 heterocycles. The number of hydrogen-bond donors (Lipinski definition) is 2. The van der Waals surface area contributed by atoms with Crippen molar-refractivity contribution in [2.45, 2.75) is 12.4 Å². The van der Waals surface area contributed by atoms with Crippen molar-refractivity contribution in [3.05, 3.63) is 105 Å². The van der Waals surface area contributed by atoms with E-state index in [-0.39, 0.29) is 11.1 Å². The van der Waals surface area contributed by atoms with Crippen LogP contribution in [-0.4, -0.2) is 35.7 Å². The van der Waals surface area contributed by atoms with Gasteiger partial charge in [0.2, 0.25) is 11.8 Å². The quantitative estimate of drug-likeness (QED) is 0.158. The van der Waals surface area contributed by atoms with Crippen LogP contribution in [0.15, 0.2) is 60.7 Å². The summed E-state index contributed by atoms with van der Waals surface area (Å²) in [6, 6.07) is 7.91. The maximum atomic E-state index is 14.6. The first-order chi connectivity index (χ1) is 22.4. The molecular formula is C32H14F6N2O8. The van der Waals surface area contributed by atoms with E-state index in [9.17, 15) is 55.1 Å². The Kier molecular flexibility index (Phi) is 7.00. The number of nitrogens with two attached hydrogens (primary N) is 2. The average molecular weight is 668 g/mol. The second-order valence-electron chi connectivity index (χ2n) is 10.4. The molecule has 0 unspecified atom stereocenters. The van der Waals surface area contributed by atoms with E-state index in [0.29, 0.717) is 24.3 Å². The molecule has 0 bridgehead atoms. The van der Waals surface area contributed by atoms with Gasteiger partial charge in [0, 0.05) is 22.3 Å². The second kappa shape index (κ2) is 10.6. The predicted molar refractivity (Wildman–Crippen MR) is 149 cm³/mol. The monoisotopic (exact) mass is 668 g/mol. The molecule has 2 amide bonds. The highest BCUT2D eigenvalue weighted by Crippen LogP contribution is 2.47. The van der Waals surface area contributed by atoms with Crippen LogP contribution in [0.3, 0.4) is 0 Å². The van der Waals surface area contributed by atoms with Gasteiger partial charge in [-0.15, -0.1) is 0 Å². The summed E-state index contributed by atoms with van der Waals surface area (Å²) in [5.41, 5.74) is 0.663. The number of carbonyl (C=O) groups excluding carboxylic acids is 6. The molecule has 4 aromatic carbocycles. The lowest BCUT2D eigenvalue weighted by Crippen LogP contribution is -2.16. The third-order valence-electron chi connectivity index (χ3n) is 7.68. The smallest absolute Gasteiger partial charge is 0.386 e. The summed E-state index contributed by atoms with van der Waals surface area (Å²) in [7, 11) is 0. The number of alkyl halides is 6. The molecule has 4 N–H and O–H groups in total. The summed E-state index contributed by atoms with van der Waals surface area (Å²) >= 11 is 0. The summed E-state index contributed by atoms with van der Waals surface area (Å²) in [6.45, 7) is 0. The molecule has 0 aromatic heterocycles. The van der Waals surface area contributed by atoms with E-state index in [2.05, 4.69) is 9.47 Å². The number of rotatable bonds is 5. The van der Waals surface area contributed by atoms with Gasteiger partial charge in [0.1, 0.15) is 0 Å². The van der Waals surface area contributed by atoms with Gasteiger partial charge in [-0.1, -0.05) is 24.3 Å². The fourth-order valence-corrected chi connectivity index (χ4v) is 5.70. The zero-order valence-corrected chi connectivity index (χ0v) is 23.5. The number of benzene rings is 4. The zero-order chi connectivity index (χ0) is 35.0. The summed E-state index contributed by atoms with van der Waals surface area (Å²) < 4.78 is 96.6. The van der Waals surface area contributed by atoms with Crippen molar-refractivity contribution in [1.82, 2.24) is 0 Å². The third kappa shape index (κ3) is 4.94. The van der Waals surface area contributed by atoms with Crippen LogP contribution >= 0.6 is 0 Å². The Balaban J connectivity index is 1.61. The summed E-state index contributed by atoms with van der Waals surface area (Å²) in [5, 5.41) is 0. The summed E-state index contributed by atoms with van der Waals surface area (Å²) in [6.07, 6.45) is -10.7. The molecule has 242 valence electrons. The zero-order valence-electron chi connectivity index (χ0n) is 23.5. The lowest BCUT2D eigenvalue weighted by molar-refractivity contribution is -0.139. The standard InChI is InChI=1S/C32H14F6N2O8/c33-31(34,35)19-9-11(21-15(25(39)41)5-7-17-23(21)29(45)47-27(17)43)1-3-13(19)14-4-2-12(10-20(14)32(36,37)38)22-16(26(40)42)6-8-18-24(22)30(46)48-28(18)44/h1-10H,(H2,39,41)(H2,40,42). The highest BCUT2D eigenvalue weighted by atomic mass is 19.4. The molecular weight excluding hydrogens is 654 g/mol. The van der Waals surface area contributed by atoms with Gasteiger partial charge in [-0.25, -0.2) is 19.2 Å². The van der Waals surface area contributed by atoms with Crippen LogP contribution in [0.1, 0.15) is 73.3 Å². The highest BCUT2D eigenvalue weighted by Gasteiger charge is 2.41. The first-order valence-electron chi connectivity index (χ1n) is 13.3. The maximum absolute atomic E-state index is 14.6. The van der Waals surface area contributed by atoms with Crippen LogP contribution in [-0.2, 0) is 21.8 Å². The van der Waals surface area contributed by atoms with Crippen LogP contribution in [0.25, 0.3) is 33.4 Å². The van der Waals surface area contributed by atoms with Crippen LogP contribution in [0, 0.1) is 0 Å². The van der Waals surface area contributed by atoms with Crippen LogP contribution in [0.4, 0.5) is 26.3 Å².